The van der Waals surface area contributed by atoms with Crippen molar-refractivity contribution < 1.29 is 32.3 Å². The molecule has 0 radical (unpaired) electrons. The van der Waals surface area contributed by atoms with Gasteiger partial charge < -0.3 is 20.1 Å². The van der Waals surface area contributed by atoms with Gasteiger partial charge in [0.2, 0.25) is 10.0 Å². The summed E-state index contributed by atoms with van der Waals surface area (Å²) in [6.07, 6.45) is 0. The van der Waals surface area contributed by atoms with Gasteiger partial charge in [-0.3, -0.25) is 0 Å². The van der Waals surface area contributed by atoms with Crippen LogP contribution in [0.15, 0.2) is 40.4 Å². The molecular formula is C20H27N3O7S. The lowest BCUT2D eigenvalue weighted by Gasteiger charge is -2.26. The standard InChI is InChI=1S/C20H27N3O7S/c1-5-23(6-2)31(27,28)15-10-8-14(9-11-15)18(24)30-12-16-17(19(25)29-7-3)13(4)21-20(26)22-16/h8-11,13H,5-7,12H2,1-4H3,(H2,21,22,26)/t13-/m1/s1. The third-order valence-electron chi connectivity index (χ3n) is 4.65. The zero-order chi connectivity index (χ0) is 23.2. The molecule has 1 heterocycles. The van der Waals surface area contributed by atoms with Crippen molar-refractivity contribution in [1.29, 1.82) is 0 Å². The second-order valence-electron chi connectivity index (χ2n) is 6.62. The van der Waals surface area contributed by atoms with E-state index in [-0.39, 0.29) is 34.9 Å². The molecule has 1 aliphatic rings. The number of ether oxygens (including phenoxy) is 2. The van der Waals surface area contributed by atoms with Crippen LogP contribution in [-0.4, -0.2) is 63.0 Å². The van der Waals surface area contributed by atoms with E-state index in [0.29, 0.717) is 13.1 Å². The lowest BCUT2D eigenvalue weighted by atomic mass is 10.0. The Morgan fingerprint density at radius 2 is 1.65 bits per heavy atom. The minimum Gasteiger partial charge on any atom is -0.463 e. The van der Waals surface area contributed by atoms with Gasteiger partial charge in [0.1, 0.15) is 6.61 Å². The van der Waals surface area contributed by atoms with Crippen LogP contribution in [0.25, 0.3) is 0 Å². The van der Waals surface area contributed by atoms with Crippen molar-refractivity contribution in [3.05, 3.63) is 41.1 Å². The molecule has 0 aliphatic carbocycles. The average molecular weight is 454 g/mol. The topological polar surface area (TPSA) is 131 Å². The highest BCUT2D eigenvalue weighted by atomic mass is 32.2. The Bertz CT molecular complexity index is 967. The molecule has 1 atom stereocenters. The number of hydrogen-bond donors (Lipinski definition) is 2. The van der Waals surface area contributed by atoms with E-state index in [9.17, 15) is 22.8 Å². The maximum absolute atomic E-state index is 12.5. The maximum atomic E-state index is 12.5. The molecular weight excluding hydrogens is 426 g/mol. The van der Waals surface area contributed by atoms with Crippen LogP contribution in [0.1, 0.15) is 38.1 Å². The van der Waals surface area contributed by atoms with Crippen LogP contribution in [0.5, 0.6) is 0 Å². The largest absolute Gasteiger partial charge is 0.463 e. The molecule has 170 valence electrons. The molecule has 0 unspecified atom stereocenters. The van der Waals surface area contributed by atoms with Crippen LogP contribution >= 0.6 is 0 Å². The first kappa shape index (κ1) is 24.4. The van der Waals surface area contributed by atoms with Crippen molar-refractivity contribution in [2.24, 2.45) is 0 Å². The number of amides is 2. The van der Waals surface area contributed by atoms with E-state index in [2.05, 4.69) is 10.6 Å². The van der Waals surface area contributed by atoms with Crippen LogP contribution < -0.4 is 10.6 Å². The van der Waals surface area contributed by atoms with Gasteiger partial charge in [0.05, 0.1) is 34.4 Å². The second-order valence-corrected chi connectivity index (χ2v) is 8.56. The normalized spacial score (nSPS) is 16.5. The quantitative estimate of drug-likeness (QED) is 0.540. The van der Waals surface area contributed by atoms with E-state index in [1.54, 1.807) is 27.7 Å². The number of esters is 2. The first-order valence-corrected chi connectivity index (χ1v) is 11.3. The molecule has 0 spiro atoms. The van der Waals surface area contributed by atoms with Gasteiger partial charge in [-0.25, -0.2) is 22.8 Å². The van der Waals surface area contributed by atoms with Gasteiger partial charge in [-0.1, -0.05) is 13.8 Å². The molecule has 2 rings (SSSR count). The van der Waals surface area contributed by atoms with Gasteiger partial charge in [0.15, 0.2) is 0 Å². The number of nitrogens with zero attached hydrogens (tertiary/aromatic N) is 1. The second kappa shape index (κ2) is 10.4. The predicted octanol–water partition coefficient (Wildman–Crippen LogP) is 1.39. The van der Waals surface area contributed by atoms with Gasteiger partial charge in [0.25, 0.3) is 0 Å². The summed E-state index contributed by atoms with van der Waals surface area (Å²) in [6, 6.07) is 4.22. The summed E-state index contributed by atoms with van der Waals surface area (Å²) in [5.41, 5.74) is 0.420. The SMILES string of the molecule is CCOC(=O)C1=C(COC(=O)c2ccc(S(=O)(=O)N(CC)CC)cc2)NC(=O)N[C@@H]1C. The van der Waals surface area contributed by atoms with Gasteiger partial charge in [-0.15, -0.1) is 0 Å². The fraction of sp³-hybridized carbons (Fsp3) is 0.450. The molecule has 31 heavy (non-hydrogen) atoms. The molecule has 0 fully saturated rings. The molecule has 1 aliphatic heterocycles. The zero-order valence-electron chi connectivity index (χ0n) is 17.9. The number of sulfonamides is 1. The third kappa shape index (κ3) is 5.61. The summed E-state index contributed by atoms with van der Waals surface area (Å²) >= 11 is 0. The Balaban J connectivity index is 2.17. The maximum Gasteiger partial charge on any atom is 0.338 e. The molecule has 0 saturated carbocycles. The van der Waals surface area contributed by atoms with Crippen molar-refractivity contribution in [1.82, 2.24) is 14.9 Å². The van der Waals surface area contributed by atoms with E-state index < -0.39 is 34.0 Å². The van der Waals surface area contributed by atoms with Crippen LogP contribution in [0, 0.1) is 0 Å². The van der Waals surface area contributed by atoms with Crippen LogP contribution in [0.2, 0.25) is 0 Å². The molecule has 0 saturated heterocycles. The predicted molar refractivity (Wildman–Crippen MR) is 112 cm³/mol. The first-order valence-electron chi connectivity index (χ1n) is 9.90. The number of benzene rings is 1. The summed E-state index contributed by atoms with van der Waals surface area (Å²) < 4.78 is 36.6. The molecule has 2 amide bonds. The van der Waals surface area contributed by atoms with Gasteiger partial charge in [-0.2, -0.15) is 4.31 Å². The third-order valence-corrected chi connectivity index (χ3v) is 6.71. The minimum atomic E-state index is -3.64. The Morgan fingerprint density at radius 1 is 1.03 bits per heavy atom. The van der Waals surface area contributed by atoms with Crippen LogP contribution in [0.3, 0.4) is 0 Å². The minimum absolute atomic E-state index is 0.0690. The zero-order valence-corrected chi connectivity index (χ0v) is 18.7. The van der Waals surface area contributed by atoms with Crippen molar-refractivity contribution in [3.8, 4) is 0 Å². The molecule has 11 heteroatoms. The van der Waals surface area contributed by atoms with Crippen molar-refractivity contribution >= 4 is 28.0 Å². The smallest absolute Gasteiger partial charge is 0.338 e. The molecule has 10 nitrogen and oxygen atoms in total. The number of hydrogen-bond acceptors (Lipinski definition) is 7. The molecule has 1 aromatic carbocycles. The summed E-state index contributed by atoms with van der Waals surface area (Å²) in [6.45, 7) is 7.21. The molecule has 2 N–H and O–H groups in total. The molecule has 0 aromatic heterocycles. The van der Waals surface area contributed by atoms with E-state index in [1.807, 2.05) is 0 Å². The number of urea groups is 1. The fourth-order valence-electron chi connectivity index (χ4n) is 3.09. The Labute approximate surface area is 181 Å². The van der Waals surface area contributed by atoms with Crippen LogP contribution in [-0.2, 0) is 24.3 Å². The molecule has 1 aromatic rings. The lowest BCUT2D eigenvalue weighted by Crippen LogP contribution is -2.50. The summed E-state index contributed by atoms with van der Waals surface area (Å²) in [4.78, 5) is 36.4. The average Bonchev–Trinajstić information content (AvgIpc) is 2.72. The fourth-order valence-corrected chi connectivity index (χ4v) is 4.55. The monoisotopic (exact) mass is 453 g/mol. The highest BCUT2D eigenvalue weighted by Gasteiger charge is 2.30. The highest BCUT2D eigenvalue weighted by molar-refractivity contribution is 7.89. The first-order chi connectivity index (χ1) is 14.6. The summed E-state index contributed by atoms with van der Waals surface area (Å²) in [7, 11) is -3.64. The van der Waals surface area contributed by atoms with E-state index in [1.165, 1.54) is 28.6 Å². The number of rotatable bonds is 9. The number of nitrogens with one attached hydrogen (secondary N) is 2. The summed E-state index contributed by atoms with van der Waals surface area (Å²) in [5, 5.41) is 5.01. The molecule has 0 bridgehead atoms. The Morgan fingerprint density at radius 3 is 2.19 bits per heavy atom. The van der Waals surface area contributed by atoms with E-state index in [4.69, 9.17) is 9.47 Å². The van der Waals surface area contributed by atoms with E-state index in [0.717, 1.165) is 0 Å². The Kier molecular flexibility index (Phi) is 8.17. The van der Waals surface area contributed by atoms with E-state index >= 15 is 0 Å². The van der Waals surface area contributed by atoms with Gasteiger partial charge in [-0.05, 0) is 38.1 Å². The van der Waals surface area contributed by atoms with Gasteiger partial charge >= 0.3 is 18.0 Å². The summed E-state index contributed by atoms with van der Waals surface area (Å²) in [5.74, 6) is -1.36. The van der Waals surface area contributed by atoms with Crippen molar-refractivity contribution in [3.63, 3.8) is 0 Å². The highest BCUT2D eigenvalue weighted by Crippen LogP contribution is 2.18. The van der Waals surface area contributed by atoms with Gasteiger partial charge in [0, 0.05) is 13.1 Å². The number of carbonyl (C=O) groups excluding carboxylic acids is 3. The van der Waals surface area contributed by atoms with Crippen molar-refractivity contribution in [2.45, 2.75) is 38.6 Å². The van der Waals surface area contributed by atoms with Crippen molar-refractivity contribution in [2.75, 3.05) is 26.3 Å². The number of carbonyl (C=O) groups is 3. The Hall–Kier alpha value is -2.92. The lowest BCUT2D eigenvalue weighted by molar-refractivity contribution is -0.139. The van der Waals surface area contributed by atoms with Crippen LogP contribution in [0.4, 0.5) is 4.79 Å².